The molecule has 1 amide bonds. The van der Waals surface area contributed by atoms with Crippen LogP contribution in [0.1, 0.15) is 51.3 Å². The molecule has 4 aromatic rings. The van der Waals surface area contributed by atoms with E-state index in [9.17, 15) is 9.59 Å². The molecule has 0 aliphatic heterocycles. The normalized spacial score (nSPS) is 14.1. The van der Waals surface area contributed by atoms with Crippen LogP contribution >= 0.6 is 0 Å². The summed E-state index contributed by atoms with van der Waals surface area (Å²) >= 11 is 0. The van der Waals surface area contributed by atoms with Crippen molar-refractivity contribution in [2.24, 2.45) is 5.92 Å². The van der Waals surface area contributed by atoms with Crippen LogP contribution < -0.4 is 10.9 Å². The lowest BCUT2D eigenvalue weighted by atomic mass is 9.85. The fourth-order valence-corrected chi connectivity index (χ4v) is 4.61. The number of aromatic nitrogens is 4. The van der Waals surface area contributed by atoms with Gasteiger partial charge in [0.15, 0.2) is 0 Å². The number of hydrogen-bond acceptors (Lipinski definition) is 6. The van der Waals surface area contributed by atoms with Crippen LogP contribution in [0.25, 0.3) is 16.4 Å². The average Bonchev–Trinajstić information content (AvgIpc) is 3.22. The second kappa shape index (κ2) is 9.88. The summed E-state index contributed by atoms with van der Waals surface area (Å²) in [5.41, 5.74) is 1.92. The van der Waals surface area contributed by atoms with Crippen molar-refractivity contribution in [3.63, 3.8) is 0 Å². The summed E-state index contributed by atoms with van der Waals surface area (Å²) in [6.07, 6.45) is 10.6. The molecule has 1 aliphatic carbocycles. The number of ether oxygens (including phenoxy) is 1. The first kappa shape index (κ1) is 24.8. The van der Waals surface area contributed by atoms with Crippen LogP contribution in [0, 0.1) is 5.92 Å². The Morgan fingerprint density at radius 2 is 2.03 bits per heavy atom. The second-order valence-electron chi connectivity index (χ2n) is 10.8. The Bertz CT molecular complexity index is 1500. The van der Waals surface area contributed by atoms with Crippen LogP contribution in [-0.4, -0.2) is 49.1 Å². The van der Waals surface area contributed by atoms with Crippen LogP contribution in [-0.2, 0) is 17.8 Å². The van der Waals surface area contributed by atoms with Crippen molar-refractivity contribution in [3.8, 4) is 0 Å². The van der Waals surface area contributed by atoms with Crippen molar-refractivity contribution < 1.29 is 9.53 Å². The van der Waals surface area contributed by atoms with Gasteiger partial charge in [-0.15, -0.1) is 0 Å². The maximum atomic E-state index is 13.0. The Morgan fingerprint density at radius 3 is 2.73 bits per heavy atom. The van der Waals surface area contributed by atoms with Gasteiger partial charge in [-0.25, -0.2) is 14.8 Å². The van der Waals surface area contributed by atoms with E-state index in [-0.39, 0.29) is 11.7 Å². The zero-order valence-electron chi connectivity index (χ0n) is 21.9. The lowest BCUT2D eigenvalue weighted by Gasteiger charge is -2.33. The van der Waals surface area contributed by atoms with Gasteiger partial charge in [0.25, 0.3) is 5.56 Å². The molecule has 1 saturated carbocycles. The lowest BCUT2D eigenvalue weighted by Crippen LogP contribution is -2.40. The number of nitrogens with zero attached hydrogens (tertiary/aromatic N) is 5. The first-order valence-corrected chi connectivity index (χ1v) is 12.8. The fourth-order valence-electron chi connectivity index (χ4n) is 4.61. The zero-order chi connectivity index (χ0) is 26.2. The van der Waals surface area contributed by atoms with Gasteiger partial charge in [0.05, 0.1) is 24.2 Å². The molecule has 0 spiro atoms. The molecule has 1 fully saturated rings. The molecule has 4 heterocycles. The molecule has 0 radical (unpaired) electrons. The number of imidazole rings is 1. The van der Waals surface area contributed by atoms with E-state index in [1.807, 2.05) is 66.7 Å². The van der Waals surface area contributed by atoms with Crippen LogP contribution in [0.5, 0.6) is 0 Å². The smallest absolute Gasteiger partial charge is 0.410 e. The molecule has 0 unspecified atom stereocenters. The maximum Gasteiger partial charge on any atom is 0.410 e. The number of pyridine rings is 3. The number of carbonyl (C=O) groups excluding carboxylic acids is 1. The third kappa shape index (κ3) is 5.60. The van der Waals surface area contributed by atoms with Crippen LogP contribution in [0.2, 0.25) is 0 Å². The largest absolute Gasteiger partial charge is 0.444 e. The van der Waals surface area contributed by atoms with E-state index in [0.717, 1.165) is 41.0 Å². The summed E-state index contributed by atoms with van der Waals surface area (Å²) in [6.45, 7) is 7.21. The third-order valence-electron chi connectivity index (χ3n) is 6.74. The van der Waals surface area contributed by atoms with E-state index >= 15 is 0 Å². The number of rotatable bonds is 7. The van der Waals surface area contributed by atoms with E-state index in [4.69, 9.17) is 9.72 Å². The van der Waals surface area contributed by atoms with Gasteiger partial charge in [0.2, 0.25) is 0 Å². The molecule has 5 rings (SSSR count). The number of hydrogen-bond donors (Lipinski definition) is 1. The summed E-state index contributed by atoms with van der Waals surface area (Å²) in [6, 6.07) is 7.72. The highest BCUT2D eigenvalue weighted by molar-refractivity contribution is 5.82. The second-order valence-corrected chi connectivity index (χ2v) is 10.8. The summed E-state index contributed by atoms with van der Waals surface area (Å²) in [7, 11) is 1.80. The molecule has 37 heavy (non-hydrogen) atoms. The molecule has 0 aromatic carbocycles. The summed E-state index contributed by atoms with van der Waals surface area (Å²) < 4.78 is 9.28. The highest BCUT2D eigenvalue weighted by Gasteiger charge is 2.27. The van der Waals surface area contributed by atoms with Gasteiger partial charge in [-0.1, -0.05) is 12.5 Å². The molecule has 0 saturated heterocycles. The Kier molecular flexibility index (Phi) is 6.62. The van der Waals surface area contributed by atoms with Crippen LogP contribution in [0.3, 0.4) is 0 Å². The lowest BCUT2D eigenvalue weighted by molar-refractivity contribution is 0.0173. The minimum Gasteiger partial charge on any atom is -0.444 e. The highest BCUT2D eigenvalue weighted by atomic mass is 16.6. The van der Waals surface area contributed by atoms with E-state index in [0.29, 0.717) is 30.9 Å². The van der Waals surface area contributed by atoms with Crippen LogP contribution in [0.15, 0.2) is 53.8 Å². The molecule has 0 atom stereocenters. The molecule has 0 bridgehead atoms. The standard InChI is InChI=1S/C28H34N6O3/c1-28(2,3)37-27(36)34(14-19-6-5-7-19)16-20-8-9-25-31-22(18-33(25)15-20)17-32-11-10-21-12-24(29-4)30-13-23(21)26(32)35/h8-13,15,18-19H,5-7,14,16-17H2,1-4H3,(H,29,30). The minimum absolute atomic E-state index is 0.102. The van der Waals surface area contributed by atoms with E-state index in [2.05, 4.69) is 10.3 Å². The number of amides is 1. The minimum atomic E-state index is -0.537. The van der Waals surface area contributed by atoms with Gasteiger partial charge >= 0.3 is 6.09 Å². The number of carbonyl (C=O) groups is 1. The Labute approximate surface area is 216 Å². The molecular formula is C28H34N6O3. The van der Waals surface area contributed by atoms with Crippen molar-refractivity contribution in [2.45, 2.75) is 58.7 Å². The predicted octanol–water partition coefficient (Wildman–Crippen LogP) is 4.67. The molecule has 1 aliphatic rings. The third-order valence-corrected chi connectivity index (χ3v) is 6.74. The average molecular weight is 503 g/mol. The quantitative estimate of drug-likeness (QED) is 0.395. The Hall–Kier alpha value is -3.88. The Balaban J connectivity index is 1.36. The highest BCUT2D eigenvalue weighted by Crippen LogP contribution is 2.28. The van der Waals surface area contributed by atoms with Gasteiger partial charge in [0, 0.05) is 38.4 Å². The molecular weight excluding hydrogens is 468 g/mol. The first-order valence-electron chi connectivity index (χ1n) is 12.8. The van der Waals surface area contributed by atoms with Gasteiger partial charge in [-0.05, 0) is 68.7 Å². The van der Waals surface area contributed by atoms with Crippen molar-refractivity contribution in [1.29, 1.82) is 0 Å². The van der Waals surface area contributed by atoms with Gasteiger partial charge < -0.3 is 23.9 Å². The Morgan fingerprint density at radius 1 is 1.22 bits per heavy atom. The van der Waals surface area contributed by atoms with Crippen molar-refractivity contribution in [1.82, 2.24) is 23.8 Å². The summed E-state index contributed by atoms with van der Waals surface area (Å²) in [5, 5.41) is 4.41. The molecule has 9 nitrogen and oxygen atoms in total. The molecule has 194 valence electrons. The van der Waals surface area contributed by atoms with E-state index in [1.54, 1.807) is 24.0 Å². The number of anilines is 1. The van der Waals surface area contributed by atoms with Gasteiger partial charge in [-0.2, -0.15) is 0 Å². The monoisotopic (exact) mass is 502 g/mol. The maximum absolute atomic E-state index is 13.0. The fraction of sp³-hybridized carbons (Fsp3) is 0.429. The van der Waals surface area contributed by atoms with Crippen molar-refractivity contribution in [3.05, 3.63) is 70.7 Å². The molecule has 4 aromatic heterocycles. The van der Waals surface area contributed by atoms with Crippen molar-refractivity contribution >= 4 is 28.3 Å². The topological polar surface area (TPSA) is 93.8 Å². The van der Waals surface area contributed by atoms with Crippen LogP contribution in [0.4, 0.5) is 10.6 Å². The summed E-state index contributed by atoms with van der Waals surface area (Å²) in [5.74, 6) is 1.26. The SMILES string of the molecule is CNc1cc2ccn(Cc3cn4cc(CN(CC5CCC5)C(=O)OC(C)(C)C)ccc4n3)c(=O)c2cn1. The zero-order valence-corrected chi connectivity index (χ0v) is 21.9. The van der Waals surface area contributed by atoms with E-state index in [1.165, 1.54) is 6.42 Å². The van der Waals surface area contributed by atoms with Gasteiger partial charge in [-0.3, -0.25) is 4.79 Å². The molecule has 9 heteroatoms. The first-order chi connectivity index (χ1) is 17.7. The number of nitrogens with one attached hydrogen (secondary N) is 1. The molecule has 1 N–H and O–H groups in total. The van der Waals surface area contributed by atoms with Gasteiger partial charge in [0.1, 0.15) is 17.1 Å². The van der Waals surface area contributed by atoms with E-state index < -0.39 is 5.60 Å². The van der Waals surface area contributed by atoms with Crippen molar-refractivity contribution in [2.75, 3.05) is 18.9 Å². The number of fused-ring (bicyclic) bond motifs is 2. The predicted molar refractivity (Wildman–Crippen MR) is 144 cm³/mol. The summed E-state index contributed by atoms with van der Waals surface area (Å²) in [4.78, 5) is 36.7.